The van der Waals surface area contributed by atoms with E-state index in [9.17, 15) is 4.79 Å². The van der Waals surface area contributed by atoms with Crippen LogP contribution in [-0.2, 0) is 6.54 Å². The normalized spacial score (nSPS) is 12.0. The van der Waals surface area contributed by atoms with Crippen molar-refractivity contribution in [2.75, 3.05) is 6.61 Å². The minimum absolute atomic E-state index is 0.205. The van der Waals surface area contributed by atoms with Crippen LogP contribution < -0.4 is 10.1 Å². The first-order valence-corrected chi connectivity index (χ1v) is 11.4. The molecule has 0 saturated carbocycles. The number of nitrogens with zero attached hydrogens (tertiary/aromatic N) is 3. The van der Waals surface area contributed by atoms with Crippen molar-refractivity contribution in [3.8, 4) is 5.75 Å². The number of hydrogen-bond acceptors (Lipinski definition) is 4. The van der Waals surface area contributed by atoms with Crippen molar-refractivity contribution < 1.29 is 9.53 Å². The van der Waals surface area contributed by atoms with Crippen LogP contribution in [0.15, 0.2) is 66.9 Å². The van der Waals surface area contributed by atoms with E-state index in [0.29, 0.717) is 12.3 Å². The SMILES string of the molecule is Cc1ccc(C)c(OCCCCn2c(C(C)NC(=O)c3ccccn3)nc3ccccc32)c1. The number of benzene rings is 2. The summed E-state index contributed by atoms with van der Waals surface area (Å²) in [5.74, 6) is 1.59. The van der Waals surface area contributed by atoms with Crippen molar-refractivity contribution >= 4 is 16.9 Å². The monoisotopic (exact) mass is 442 g/mol. The standard InChI is InChI=1S/C27H30N4O2/c1-19-13-14-20(2)25(18-19)33-17-9-8-16-31-24-12-5-4-10-22(24)30-26(31)21(3)29-27(32)23-11-6-7-15-28-23/h4-7,10-15,18,21H,8-9,16-17H2,1-3H3,(H,29,32). The number of pyridine rings is 1. The van der Waals surface area contributed by atoms with Gasteiger partial charge in [0, 0.05) is 12.7 Å². The highest BCUT2D eigenvalue weighted by Gasteiger charge is 2.19. The molecule has 1 unspecified atom stereocenters. The number of hydrogen-bond donors (Lipinski definition) is 1. The average Bonchev–Trinajstić information content (AvgIpc) is 3.20. The van der Waals surface area contributed by atoms with Crippen LogP contribution in [0.2, 0.25) is 0 Å². The number of fused-ring (bicyclic) bond motifs is 1. The molecule has 0 spiro atoms. The maximum absolute atomic E-state index is 12.6. The maximum Gasteiger partial charge on any atom is 0.270 e. The molecular weight excluding hydrogens is 412 g/mol. The van der Waals surface area contributed by atoms with Gasteiger partial charge in [-0.05, 0) is 75.1 Å². The molecule has 0 aliphatic heterocycles. The predicted octanol–water partition coefficient (Wildman–Crippen LogP) is 5.40. The summed E-state index contributed by atoms with van der Waals surface area (Å²) >= 11 is 0. The zero-order chi connectivity index (χ0) is 23.2. The minimum Gasteiger partial charge on any atom is -0.493 e. The van der Waals surface area contributed by atoms with E-state index in [1.54, 1.807) is 18.3 Å². The van der Waals surface area contributed by atoms with E-state index in [2.05, 4.69) is 53.0 Å². The Balaban J connectivity index is 1.42. The summed E-state index contributed by atoms with van der Waals surface area (Å²) in [5.41, 5.74) is 4.75. The van der Waals surface area contributed by atoms with Gasteiger partial charge in [0.1, 0.15) is 17.3 Å². The van der Waals surface area contributed by atoms with Gasteiger partial charge in [-0.3, -0.25) is 9.78 Å². The molecule has 1 amide bonds. The number of aromatic nitrogens is 3. The van der Waals surface area contributed by atoms with Gasteiger partial charge in [0.05, 0.1) is 23.7 Å². The van der Waals surface area contributed by atoms with Gasteiger partial charge in [-0.25, -0.2) is 4.98 Å². The molecule has 170 valence electrons. The van der Waals surface area contributed by atoms with Crippen LogP contribution >= 0.6 is 0 Å². The number of aryl methyl sites for hydroxylation is 3. The quantitative estimate of drug-likeness (QED) is 0.353. The lowest BCUT2D eigenvalue weighted by molar-refractivity contribution is 0.0932. The van der Waals surface area contributed by atoms with Crippen molar-refractivity contribution in [1.29, 1.82) is 0 Å². The Labute approximate surface area is 194 Å². The number of imidazole rings is 1. The second kappa shape index (κ2) is 10.3. The van der Waals surface area contributed by atoms with Gasteiger partial charge in [-0.15, -0.1) is 0 Å². The van der Waals surface area contributed by atoms with Crippen LogP contribution in [0.1, 0.15) is 53.2 Å². The highest BCUT2D eigenvalue weighted by molar-refractivity contribution is 5.92. The number of amides is 1. The molecule has 0 saturated heterocycles. The fourth-order valence-electron chi connectivity index (χ4n) is 3.91. The highest BCUT2D eigenvalue weighted by atomic mass is 16.5. The molecule has 0 radical (unpaired) electrons. The van der Waals surface area contributed by atoms with Gasteiger partial charge in [-0.2, -0.15) is 0 Å². The summed E-state index contributed by atoms with van der Waals surface area (Å²) in [6.45, 7) is 7.57. The fourth-order valence-corrected chi connectivity index (χ4v) is 3.91. The van der Waals surface area contributed by atoms with Crippen LogP contribution in [-0.4, -0.2) is 27.0 Å². The first-order valence-electron chi connectivity index (χ1n) is 11.4. The first kappa shape index (κ1) is 22.5. The fraction of sp³-hybridized carbons (Fsp3) is 0.296. The number of carbonyl (C=O) groups is 1. The van der Waals surface area contributed by atoms with Crippen LogP contribution in [0.25, 0.3) is 11.0 Å². The third-order valence-corrected chi connectivity index (χ3v) is 5.69. The molecule has 0 aliphatic rings. The molecular formula is C27H30N4O2. The van der Waals surface area contributed by atoms with Gasteiger partial charge in [0.25, 0.3) is 5.91 Å². The van der Waals surface area contributed by atoms with E-state index in [1.165, 1.54) is 5.56 Å². The Morgan fingerprint density at radius 1 is 1.06 bits per heavy atom. The molecule has 1 N–H and O–H groups in total. The first-order chi connectivity index (χ1) is 16.0. The number of para-hydroxylation sites is 2. The van der Waals surface area contributed by atoms with Crippen molar-refractivity contribution in [2.24, 2.45) is 0 Å². The number of carbonyl (C=O) groups excluding carboxylic acids is 1. The lowest BCUT2D eigenvalue weighted by atomic mass is 10.1. The second-order valence-electron chi connectivity index (χ2n) is 8.35. The summed E-state index contributed by atoms with van der Waals surface area (Å²) in [6, 6.07) is 19.4. The van der Waals surface area contributed by atoms with E-state index >= 15 is 0 Å². The average molecular weight is 443 g/mol. The maximum atomic E-state index is 12.6. The molecule has 4 aromatic rings. The molecule has 2 heterocycles. The van der Waals surface area contributed by atoms with Gasteiger partial charge >= 0.3 is 0 Å². The van der Waals surface area contributed by atoms with Crippen molar-refractivity contribution in [3.05, 3.63) is 89.5 Å². The number of unbranched alkanes of at least 4 members (excludes halogenated alkanes) is 1. The zero-order valence-corrected chi connectivity index (χ0v) is 19.4. The highest BCUT2D eigenvalue weighted by Crippen LogP contribution is 2.23. The zero-order valence-electron chi connectivity index (χ0n) is 19.4. The van der Waals surface area contributed by atoms with Gasteiger partial charge < -0.3 is 14.6 Å². The largest absolute Gasteiger partial charge is 0.493 e. The molecule has 33 heavy (non-hydrogen) atoms. The lowest BCUT2D eigenvalue weighted by Crippen LogP contribution is -2.29. The lowest BCUT2D eigenvalue weighted by Gasteiger charge is -2.16. The molecule has 6 nitrogen and oxygen atoms in total. The van der Waals surface area contributed by atoms with Crippen LogP contribution in [0, 0.1) is 13.8 Å². The van der Waals surface area contributed by atoms with E-state index in [1.807, 2.05) is 31.2 Å². The molecule has 0 bridgehead atoms. The number of ether oxygens (including phenoxy) is 1. The minimum atomic E-state index is -0.252. The molecule has 0 aliphatic carbocycles. The summed E-state index contributed by atoms with van der Waals surface area (Å²) in [7, 11) is 0. The van der Waals surface area contributed by atoms with E-state index < -0.39 is 0 Å². The van der Waals surface area contributed by atoms with Gasteiger partial charge in [0.15, 0.2) is 0 Å². The Morgan fingerprint density at radius 3 is 2.70 bits per heavy atom. The van der Waals surface area contributed by atoms with E-state index in [-0.39, 0.29) is 11.9 Å². The molecule has 0 fully saturated rings. The Hall–Kier alpha value is -3.67. The van der Waals surface area contributed by atoms with Crippen molar-refractivity contribution in [3.63, 3.8) is 0 Å². The van der Waals surface area contributed by atoms with Crippen LogP contribution in [0.3, 0.4) is 0 Å². The van der Waals surface area contributed by atoms with E-state index in [0.717, 1.165) is 47.6 Å². The number of rotatable bonds is 9. The summed E-state index contributed by atoms with van der Waals surface area (Å²) in [5, 5.41) is 3.04. The Bertz CT molecular complexity index is 1230. The smallest absolute Gasteiger partial charge is 0.270 e. The number of nitrogens with one attached hydrogen (secondary N) is 1. The molecule has 2 aromatic heterocycles. The summed E-state index contributed by atoms with van der Waals surface area (Å²) < 4.78 is 8.22. The van der Waals surface area contributed by atoms with Crippen LogP contribution in [0.4, 0.5) is 0 Å². The third kappa shape index (κ3) is 5.40. The molecule has 6 heteroatoms. The summed E-state index contributed by atoms with van der Waals surface area (Å²) in [6.07, 6.45) is 3.49. The Morgan fingerprint density at radius 2 is 1.88 bits per heavy atom. The van der Waals surface area contributed by atoms with Crippen LogP contribution in [0.5, 0.6) is 5.75 Å². The molecule has 2 aromatic carbocycles. The van der Waals surface area contributed by atoms with Crippen molar-refractivity contribution in [1.82, 2.24) is 19.9 Å². The van der Waals surface area contributed by atoms with E-state index in [4.69, 9.17) is 9.72 Å². The van der Waals surface area contributed by atoms with Crippen molar-refractivity contribution in [2.45, 2.75) is 46.2 Å². The predicted molar refractivity (Wildman–Crippen MR) is 130 cm³/mol. The molecule has 1 atom stereocenters. The topological polar surface area (TPSA) is 69.0 Å². The summed E-state index contributed by atoms with van der Waals surface area (Å²) in [4.78, 5) is 21.6. The van der Waals surface area contributed by atoms with Gasteiger partial charge in [0.2, 0.25) is 0 Å². The Kier molecular flexibility index (Phi) is 7.03. The molecule has 4 rings (SSSR count). The third-order valence-electron chi connectivity index (χ3n) is 5.69. The van der Waals surface area contributed by atoms with Gasteiger partial charge in [-0.1, -0.05) is 30.3 Å². The second-order valence-corrected chi connectivity index (χ2v) is 8.35.